The SMILES string of the molecule is CC1CCC(NC2CCCC2C#N)CC1. The molecule has 2 aliphatic rings. The fourth-order valence-corrected chi connectivity index (χ4v) is 3.04. The van der Waals surface area contributed by atoms with Gasteiger partial charge in [-0.2, -0.15) is 5.26 Å². The minimum atomic E-state index is 0.282. The molecule has 0 aromatic heterocycles. The first-order valence-electron chi connectivity index (χ1n) is 6.45. The normalized spacial score (nSPS) is 41.3. The van der Waals surface area contributed by atoms with E-state index >= 15 is 0 Å². The first kappa shape index (κ1) is 11.0. The van der Waals surface area contributed by atoms with E-state index in [2.05, 4.69) is 18.3 Å². The maximum atomic E-state index is 9.02. The number of rotatable bonds is 2. The number of nitrogens with zero attached hydrogens (tertiary/aromatic N) is 1. The molecule has 0 spiro atoms. The highest BCUT2D eigenvalue weighted by Gasteiger charge is 2.29. The fourth-order valence-electron chi connectivity index (χ4n) is 3.04. The minimum absolute atomic E-state index is 0.282. The van der Waals surface area contributed by atoms with E-state index in [1.807, 2.05) is 0 Å². The summed E-state index contributed by atoms with van der Waals surface area (Å²) in [7, 11) is 0. The molecule has 0 heterocycles. The summed E-state index contributed by atoms with van der Waals surface area (Å²) >= 11 is 0. The summed E-state index contributed by atoms with van der Waals surface area (Å²) < 4.78 is 0. The Morgan fingerprint density at radius 1 is 1.07 bits per heavy atom. The molecule has 2 aliphatic carbocycles. The fraction of sp³-hybridized carbons (Fsp3) is 0.923. The first-order valence-corrected chi connectivity index (χ1v) is 6.45. The number of nitriles is 1. The lowest BCUT2D eigenvalue weighted by atomic mass is 9.86. The molecule has 2 heteroatoms. The van der Waals surface area contributed by atoms with Crippen molar-refractivity contribution in [2.75, 3.05) is 0 Å². The first-order chi connectivity index (χ1) is 7.29. The second-order valence-corrected chi connectivity index (χ2v) is 5.40. The van der Waals surface area contributed by atoms with Gasteiger partial charge in [-0.15, -0.1) is 0 Å². The quantitative estimate of drug-likeness (QED) is 0.754. The highest BCUT2D eigenvalue weighted by molar-refractivity contribution is 4.97. The van der Waals surface area contributed by atoms with E-state index in [0.29, 0.717) is 12.1 Å². The molecule has 2 fully saturated rings. The van der Waals surface area contributed by atoms with Gasteiger partial charge in [-0.25, -0.2) is 0 Å². The van der Waals surface area contributed by atoms with E-state index < -0.39 is 0 Å². The zero-order chi connectivity index (χ0) is 10.7. The summed E-state index contributed by atoms with van der Waals surface area (Å²) in [5.74, 6) is 1.20. The topological polar surface area (TPSA) is 35.8 Å². The van der Waals surface area contributed by atoms with Crippen molar-refractivity contribution < 1.29 is 0 Å². The van der Waals surface area contributed by atoms with Crippen molar-refractivity contribution >= 4 is 0 Å². The van der Waals surface area contributed by atoms with Crippen molar-refractivity contribution in [3.63, 3.8) is 0 Å². The molecule has 2 rings (SSSR count). The second kappa shape index (κ2) is 4.99. The van der Waals surface area contributed by atoms with E-state index in [1.54, 1.807) is 0 Å². The molecular weight excluding hydrogens is 184 g/mol. The van der Waals surface area contributed by atoms with Gasteiger partial charge in [-0.3, -0.25) is 0 Å². The summed E-state index contributed by atoms with van der Waals surface area (Å²) in [6.45, 7) is 2.35. The third-order valence-corrected chi connectivity index (χ3v) is 4.15. The predicted octanol–water partition coefficient (Wildman–Crippen LogP) is 2.85. The molecule has 0 radical (unpaired) electrons. The van der Waals surface area contributed by atoms with Gasteiger partial charge in [-0.1, -0.05) is 13.3 Å². The van der Waals surface area contributed by atoms with Crippen molar-refractivity contribution in [1.82, 2.24) is 5.32 Å². The van der Waals surface area contributed by atoms with Gasteiger partial charge >= 0.3 is 0 Å². The molecule has 0 saturated heterocycles. The van der Waals surface area contributed by atoms with Crippen LogP contribution in [0, 0.1) is 23.2 Å². The van der Waals surface area contributed by atoms with Crippen molar-refractivity contribution in [3.05, 3.63) is 0 Å². The number of hydrogen-bond acceptors (Lipinski definition) is 2. The summed E-state index contributed by atoms with van der Waals surface area (Å²) in [5, 5.41) is 12.7. The van der Waals surface area contributed by atoms with Crippen LogP contribution < -0.4 is 5.32 Å². The molecule has 0 bridgehead atoms. The molecular formula is C13H22N2. The van der Waals surface area contributed by atoms with Crippen LogP contribution >= 0.6 is 0 Å². The molecule has 2 atom stereocenters. The van der Waals surface area contributed by atoms with Crippen molar-refractivity contribution in [2.24, 2.45) is 11.8 Å². The van der Waals surface area contributed by atoms with Crippen LogP contribution in [0.4, 0.5) is 0 Å². The van der Waals surface area contributed by atoms with Crippen LogP contribution in [0.3, 0.4) is 0 Å². The highest BCUT2D eigenvalue weighted by Crippen LogP contribution is 2.29. The van der Waals surface area contributed by atoms with Crippen LogP contribution in [0.2, 0.25) is 0 Å². The molecule has 0 aromatic carbocycles. The Morgan fingerprint density at radius 2 is 1.80 bits per heavy atom. The standard InChI is InChI=1S/C13H22N2/c1-10-5-7-12(8-6-10)15-13-4-2-3-11(13)9-14/h10-13,15H,2-8H2,1H3. The van der Waals surface area contributed by atoms with Gasteiger partial charge in [0.25, 0.3) is 0 Å². The van der Waals surface area contributed by atoms with E-state index in [-0.39, 0.29) is 5.92 Å². The Balaban J connectivity index is 1.79. The molecule has 84 valence electrons. The lowest BCUT2D eigenvalue weighted by Crippen LogP contribution is -2.41. The summed E-state index contributed by atoms with van der Waals surface area (Å²) in [5.41, 5.74) is 0. The number of hydrogen-bond donors (Lipinski definition) is 1. The molecule has 2 unspecified atom stereocenters. The molecule has 0 amide bonds. The van der Waals surface area contributed by atoms with E-state index in [0.717, 1.165) is 12.3 Å². The monoisotopic (exact) mass is 206 g/mol. The average Bonchev–Trinajstić information content (AvgIpc) is 2.69. The van der Waals surface area contributed by atoms with Gasteiger partial charge in [0.1, 0.15) is 0 Å². The summed E-state index contributed by atoms with van der Waals surface area (Å²) in [6.07, 6.45) is 8.91. The van der Waals surface area contributed by atoms with Crippen LogP contribution in [-0.2, 0) is 0 Å². The smallest absolute Gasteiger partial charge is 0.0672 e. The van der Waals surface area contributed by atoms with Crippen LogP contribution in [0.25, 0.3) is 0 Å². The van der Waals surface area contributed by atoms with Crippen LogP contribution in [0.5, 0.6) is 0 Å². The third kappa shape index (κ3) is 2.72. The molecule has 1 N–H and O–H groups in total. The van der Waals surface area contributed by atoms with Crippen molar-refractivity contribution in [2.45, 2.75) is 64.0 Å². The Labute approximate surface area is 93.0 Å². The highest BCUT2D eigenvalue weighted by atomic mass is 15.0. The summed E-state index contributed by atoms with van der Waals surface area (Å²) in [4.78, 5) is 0. The maximum Gasteiger partial charge on any atom is 0.0672 e. The van der Waals surface area contributed by atoms with E-state index in [9.17, 15) is 0 Å². The van der Waals surface area contributed by atoms with Gasteiger partial charge in [0.15, 0.2) is 0 Å². The second-order valence-electron chi connectivity index (χ2n) is 5.40. The lowest BCUT2D eigenvalue weighted by Gasteiger charge is -2.30. The third-order valence-electron chi connectivity index (χ3n) is 4.15. The van der Waals surface area contributed by atoms with Gasteiger partial charge in [-0.05, 0) is 44.4 Å². The molecule has 2 saturated carbocycles. The predicted molar refractivity (Wildman–Crippen MR) is 61.3 cm³/mol. The van der Waals surface area contributed by atoms with Gasteiger partial charge in [0.05, 0.1) is 12.0 Å². The Morgan fingerprint density at radius 3 is 2.47 bits per heavy atom. The van der Waals surface area contributed by atoms with Crippen LogP contribution in [-0.4, -0.2) is 12.1 Å². The van der Waals surface area contributed by atoms with Crippen LogP contribution in [0.15, 0.2) is 0 Å². The minimum Gasteiger partial charge on any atom is -0.310 e. The Kier molecular flexibility index (Phi) is 3.64. The van der Waals surface area contributed by atoms with E-state index in [4.69, 9.17) is 5.26 Å². The van der Waals surface area contributed by atoms with E-state index in [1.165, 1.54) is 38.5 Å². The molecule has 0 aliphatic heterocycles. The van der Waals surface area contributed by atoms with Gasteiger partial charge in [0, 0.05) is 12.1 Å². The van der Waals surface area contributed by atoms with Gasteiger partial charge < -0.3 is 5.32 Å². The largest absolute Gasteiger partial charge is 0.310 e. The maximum absolute atomic E-state index is 9.02. The average molecular weight is 206 g/mol. The van der Waals surface area contributed by atoms with Crippen LogP contribution in [0.1, 0.15) is 51.9 Å². The van der Waals surface area contributed by atoms with Crippen molar-refractivity contribution in [1.29, 1.82) is 5.26 Å². The zero-order valence-corrected chi connectivity index (χ0v) is 9.71. The zero-order valence-electron chi connectivity index (χ0n) is 9.71. The van der Waals surface area contributed by atoms with Gasteiger partial charge in [0.2, 0.25) is 0 Å². The molecule has 0 aromatic rings. The Bertz CT molecular complexity index is 235. The molecule has 15 heavy (non-hydrogen) atoms. The molecule has 2 nitrogen and oxygen atoms in total. The summed E-state index contributed by atoms with van der Waals surface area (Å²) in [6, 6.07) is 3.64. The Hall–Kier alpha value is -0.550. The number of nitrogens with one attached hydrogen (secondary N) is 1. The van der Waals surface area contributed by atoms with Crippen molar-refractivity contribution in [3.8, 4) is 6.07 Å². The lowest BCUT2D eigenvalue weighted by molar-refractivity contribution is 0.277.